The lowest BCUT2D eigenvalue weighted by Gasteiger charge is -2.39. The quantitative estimate of drug-likeness (QED) is 0.682. The molecule has 2 heterocycles. The van der Waals surface area contributed by atoms with Crippen molar-refractivity contribution < 1.29 is 4.42 Å². The van der Waals surface area contributed by atoms with Crippen LogP contribution in [0.1, 0.15) is 43.4 Å². The summed E-state index contributed by atoms with van der Waals surface area (Å²) in [6.45, 7) is 2.11. The Morgan fingerprint density at radius 2 is 2.07 bits per heavy atom. The van der Waals surface area contributed by atoms with Crippen molar-refractivity contribution in [2.75, 3.05) is 6.54 Å². The van der Waals surface area contributed by atoms with Gasteiger partial charge in [-0.3, -0.25) is 0 Å². The standard InChI is InChI=1S/C12H17NO/c1-2-5-12(6-3-1)9-13-8-10-4-7-14-11(10)12/h4,7,13H,1-3,5-6,8-9H2. The maximum atomic E-state index is 5.71. The molecule has 0 amide bonds. The zero-order valence-corrected chi connectivity index (χ0v) is 8.51. The summed E-state index contributed by atoms with van der Waals surface area (Å²) >= 11 is 0. The van der Waals surface area contributed by atoms with Crippen molar-refractivity contribution in [1.82, 2.24) is 5.32 Å². The Morgan fingerprint density at radius 3 is 2.93 bits per heavy atom. The molecule has 1 aliphatic heterocycles. The molecule has 14 heavy (non-hydrogen) atoms. The van der Waals surface area contributed by atoms with Crippen LogP contribution < -0.4 is 5.32 Å². The van der Waals surface area contributed by atoms with Gasteiger partial charge in [0.25, 0.3) is 0 Å². The number of rotatable bonds is 0. The summed E-state index contributed by atoms with van der Waals surface area (Å²) in [6.07, 6.45) is 8.59. The van der Waals surface area contributed by atoms with E-state index in [4.69, 9.17) is 4.42 Å². The fourth-order valence-corrected chi connectivity index (χ4v) is 3.09. The molecule has 3 rings (SSSR count). The smallest absolute Gasteiger partial charge is 0.115 e. The van der Waals surface area contributed by atoms with Gasteiger partial charge in [-0.2, -0.15) is 0 Å². The molecule has 1 aliphatic carbocycles. The normalized spacial score (nSPS) is 24.9. The monoisotopic (exact) mass is 191 g/mol. The van der Waals surface area contributed by atoms with E-state index >= 15 is 0 Å². The van der Waals surface area contributed by atoms with Crippen molar-refractivity contribution in [1.29, 1.82) is 0 Å². The van der Waals surface area contributed by atoms with Gasteiger partial charge in [0, 0.05) is 24.1 Å². The van der Waals surface area contributed by atoms with Gasteiger partial charge in [-0.1, -0.05) is 19.3 Å². The van der Waals surface area contributed by atoms with E-state index in [1.54, 1.807) is 0 Å². The predicted molar refractivity (Wildman–Crippen MR) is 55.2 cm³/mol. The maximum absolute atomic E-state index is 5.71. The first-order valence-corrected chi connectivity index (χ1v) is 5.68. The first-order chi connectivity index (χ1) is 6.91. The molecule has 76 valence electrons. The molecule has 0 radical (unpaired) electrons. The van der Waals surface area contributed by atoms with Crippen LogP contribution in [0.25, 0.3) is 0 Å². The van der Waals surface area contributed by atoms with Gasteiger partial charge in [0.1, 0.15) is 5.76 Å². The summed E-state index contributed by atoms with van der Waals surface area (Å²) in [5, 5.41) is 3.53. The zero-order valence-electron chi connectivity index (χ0n) is 8.51. The summed E-state index contributed by atoms with van der Waals surface area (Å²) < 4.78 is 5.71. The van der Waals surface area contributed by atoms with Crippen LogP contribution in [0.3, 0.4) is 0 Å². The van der Waals surface area contributed by atoms with Crippen LogP contribution in [0.4, 0.5) is 0 Å². The molecule has 0 unspecified atom stereocenters. The molecule has 2 nitrogen and oxygen atoms in total. The fraction of sp³-hybridized carbons (Fsp3) is 0.667. The molecule has 1 saturated carbocycles. The van der Waals surface area contributed by atoms with Crippen molar-refractivity contribution in [3.8, 4) is 0 Å². The van der Waals surface area contributed by atoms with E-state index in [1.165, 1.54) is 43.4 Å². The molecule has 1 N–H and O–H groups in total. The van der Waals surface area contributed by atoms with Crippen molar-refractivity contribution in [3.63, 3.8) is 0 Å². The summed E-state index contributed by atoms with van der Waals surface area (Å²) in [5.41, 5.74) is 1.73. The highest BCUT2D eigenvalue weighted by Gasteiger charge is 2.40. The van der Waals surface area contributed by atoms with E-state index < -0.39 is 0 Å². The van der Waals surface area contributed by atoms with Crippen LogP contribution in [0.5, 0.6) is 0 Å². The molecule has 0 saturated heterocycles. The third-order valence-corrected chi connectivity index (χ3v) is 3.82. The molecule has 1 aromatic heterocycles. The van der Waals surface area contributed by atoms with E-state index in [1.807, 2.05) is 6.26 Å². The van der Waals surface area contributed by atoms with E-state index in [0.29, 0.717) is 5.41 Å². The van der Waals surface area contributed by atoms with Gasteiger partial charge in [0.2, 0.25) is 0 Å². The van der Waals surface area contributed by atoms with E-state index in [9.17, 15) is 0 Å². The Labute approximate surface area is 84.7 Å². The van der Waals surface area contributed by atoms with Crippen LogP contribution in [-0.4, -0.2) is 6.54 Å². The number of fused-ring (bicyclic) bond motifs is 2. The van der Waals surface area contributed by atoms with Crippen LogP contribution in [-0.2, 0) is 12.0 Å². The van der Waals surface area contributed by atoms with Crippen LogP contribution in [0.2, 0.25) is 0 Å². The summed E-state index contributed by atoms with van der Waals surface area (Å²) in [4.78, 5) is 0. The lowest BCUT2D eigenvalue weighted by Crippen LogP contribution is -2.43. The summed E-state index contributed by atoms with van der Waals surface area (Å²) in [7, 11) is 0. The van der Waals surface area contributed by atoms with Gasteiger partial charge in [-0.25, -0.2) is 0 Å². The molecule has 2 heteroatoms. The number of furan rings is 1. The number of hydrogen-bond acceptors (Lipinski definition) is 2. The van der Waals surface area contributed by atoms with Crippen LogP contribution >= 0.6 is 0 Å². The number of hydrogen-bond donors (Lipinski definition) is 1. The second-order valence-electron chi connectivity index (χ2n) is 4.72. The lowest BCUT2D eigenvalue weighted by molar-refractivity contribution is 0.220. The zero-order chi connectivity index (χ0) is 9.43. The van der Waals surface area contributed by atoms with Gasteiger partial charge in [-0.05, 0) is 18.9 Å². The average Bonchev–Trinajstić information content (AvgIpc) is 2.69. The van der Waals surface area contributed by atoms with Gasteiger partial charge < -0.3 is 9.73 Å². The Bertz CT molecular complexity index is 323. The molecule has 2 aliphatic rings. The first-order valence-electron chi connectivity index (χ1n) is 5.68. The lowest BCUT2D eigenvalue weighted by atomic mass is 9.70. The minimum Gasteiger partial charge on any atom is -0.468 e. The molecule has 0 atom stereocenters. The molecule has 1 spiro atoms. The van der Waals surface area contributed by atoms with Crippen molar-refractivity contribution in [2.24, 2.45) is 0 Å². The Balaban J connectivity index is 2.01. The van der Waals surface area contributed by atoms with Crippen LogP contribution in [0.15, 0.2) is 16.7 Å². The second kappa shape index (κ2) is 3.13. The highest BCUT2D eigenvalue weighted by atomic mass is 16.3. The largest absolute Gasteiger partial charge is 0.468 e. The molecule has 0 bridgehead atoms. The van der Waals surface area contributed by atoms with Crippen molar-refractivity contribution >= 4 is 0 Å². The highest BCUT2D eigenvalue weighted by molar-refractivity contribution is 5.29. The van der Waals surface area contributed by atoms with E-state index in [2.05, 4.69) is 11.4 Å². The number of nitrogens with one attached hydrogen (secondary N) is 1. The predicted octanol–water partition coefficient (Wildman–Crippen LogP) is 2.58. The summed E-state index contributed by atoms with van der Waals surface area (Å²) in [5.74, 6) is 1.29. The molecule has 0 aromatic carbocycles. The van der Waals surface area contributed by atoms with E-state index in [-0.39, 0.29) is 0 Å². The van der Waals surface area contributed by atoms with Gasteiger partial charge in [0.05, 0.1) is 6.26 Å². The second-order valence-corrected chi connectivity index (χ2v) is 4.72. The van der Waals surface area contributed by atoms with E-state index in [0.717, 1.165) is 13.1 Å². The van der Waals surface area contributed by atoms with Crippen LogP contribution in [0, 0.1) is 0 Å². The topological polar surface area (TPSA) is 25.2 Å². The SMILES string of the molecule is c1cc2c(o1)C1(CCCCC1)CNC2. The maximum Gasteiger partial charge on any atom is 0.115 e. The van der Waals surface area contributed by atoms with Gasteiger partial charge >= 0.3 is 0 Å². The van der Waals surface area contributed by atoms with Gasteiger partial charge in [-0.15, -0.1) is 0 Å². The summed E-state index contributed by atoms with van der Waals surface area (Å²) in [6, 6.07) is 2.12. The molecule has 1 fully saturated rings. The molecular weight excluding hydrogens is 174 g/mol. The van der Waals surface area contributed by atoms with Crippen molar-refractivity contribution in [2.45, 2.75) is 44.1 Å². The molecule has 1 aromatic rings. The third-order valence-electron chi connectivity index (χ3n) is 3.82. The Morgan fingerprint density at radius 1 is 1.21 bits per heavy atom. The van der Waals surface area contributed by atoms with Crippen molar-refractivity contribution in [3.05, 3.63) is 23.7 Å². The average molecular weight is 191 g/mol. The minimum atomic E-state index is 0.343. The third kappa shape index (κ3) is 1.13. The Hall–Kier alpha value is -0.760. The first kappa shape index (κ1) is 8.54. The fourth-order valence-electron chi connectivity index (χ4n) is 3.09. The molecular formula is C12H17NO. The van der Waals surface area contributed by atoms with Gasteiger partial charge in [0.15, 0.2) is 0 Å². The minimum absolute atomic E-state index is 0.343. The highest BCUT2D eigenvalue weighted by Crippen LogP contribution is 2.42. The Kier molecular flexibility index (Phi) is 1.91.